The molecule has 4 aromatic rings. The van der Waals surface area contributed by atoms with Crippen LogP contribution in [0.2, 0.25) is 0 Å². The van der Waals surface area contributed by atoms with Gasteiger partial charge in [0.05, 0.1) is 30.7 Å². The number of piperidine rings is 1. The highest BCUT2D eigenvalue weighted by Crippen LogP contribution is 2.33. The lowest BCUT2D eigenvalue weighted by Crippen LogP contribution is -2.33. The van der Waals surface area contributed by atoms with E-state index in [4.69, 9.17) is 15.0 Å². The number of fused-ring (bicyclic) bond motifs is 1. The summed E-state index contributed by atoms with van der Waals surface area (Å²) >= 11 is 0. The smallest absolute Gasteiger partial charge is 0.140 e. The Bertz CT molecular complexity index is 1340. The number of ether oxygens (including phenoxy) is 1. The molecule has 1 atom stereocenters. The van der Waals surface area contributed by atoms with Crippen LogP contribution in [0, 0.1) is 18.3 Å². The Hall–Kier alpha value is -3.96. The van der Waals surface area contributed by atoms with Crippen LogP contribution >= 0.6 is 0 Å². The number of H-pyrrole nitrogens is 1. The fourth-order valence-electron chi connectivity index (χ4n) is 4.62. The van der Waals surface area contributed by atoms with Gasteiger partial charge < -0.3 is 15.0 Å². The number of pyridine rings is 1. The summed E-state index contributed by atoms with van der Waals surface area (Å²) in [6, 6.07) is 16.1. The van der Waals surface area contributed by atoms with Crippen LogP contribution in [0.3, 0.4) is 0 Å². The van der Waals surface area contributed by atoms with Crippen molar-refractivity contribution >= 4 is 22.4 Å². The van der Waals surface area contributed by atoms with Crippen molar-refractivity contribution in [2.24, 2.45) is 0 Å². The number of nitriles is 1. The molecule has 8 heteroatoms. The van der Waals surface area contributed by atoms with Crippen molar-refractivity contribution < 1.29 is 4.74 Å². The van der Waals surface area contributed by atoms with Crippen LogP contribution in [0.4, 0.5) is 11.5 Å². The van der Waals surface area contributed by atoms with E-state index in [1.54, 1.807) is 19.4 Å². The quantitative estimate of drug-likeness (QED) is 0.423. The maximum Gasteiger partial charge on any atom is 0.140 e. The zero-order valence-electron chi connectivity index (χ0n) is 19.4. The molecular weight excluding hydrogens is 426 g/mol. The molecule has 5 rings (SSSR count). The number of likely N-dealkylation sites (tertiary alicyclic amines) is 1. The standard InChI is InChI=1S/C26H27N7O/c1-17-29-24(13-26(30-17)32-20-7-6-19(14-27)28-15-20)25-5-3-4-10-33(25)16-21-11-18-12-22(34-2)8-9-23(18)31-21/h6-9,11-13,15,25,31H,3-5,10,16H2,1-2H3,(H,29,30,32)/t25-/m1/s1. The number of methoxy groups -OCH3 is 1. The maximum absolute atomic E-state index is 8.96. The van der Waals surface area contributed by atoms with E-state index in [1.165, 1.54) is 18.5 Å². The topological polar surface area (TPSA) is 103 Å². The summed E-state index contributed by atoms with van der Waals surface area (Å²) in [5.41, 5.74) is 4.50. The number of aromatic amines is 1. The number of benzene rings is 1. The average Bonchev–Trinajstić information content (AvgIpc) is 3.26. The minimum absolute atomic E-state index is 0.219. The largest absolute Gasteiger partial charge is 0.497 e. The summed E-state index contributed by atoms with van der Waals surface area (Å²) in [7, 11) is 1.69. The lowest BCUT2D eigenvalue weighted by molar-refractivity contribution is 0.135. The zero-order chi connectivity index (χ0) is 23.5. The van der Waals surface area contributed by atoms with E-state index in [1.807, 2.05) is 31.2 Å². The predicted molar refractivity (Wildman–Crippen MR) is 131 cm³/mol. The van der Waals surface area contributed by atoms with E-state index in [-0.39, 0.29) is 6.04 Å². The summed E-state index contributed by atoms with van der Waals surface area (Å²) in [5.74, 6) is 2.32. The normalized spacial score (nSPS) is 16.3. The van der Waals surface area contributed by atoms with Crippen LogP contribution in [0.25, 0.3) is 10.9 Å². The molecule has 0 saturated carbocycles. The van der Waals surface area contributed by atoms with Crippen LogP contribution in [-0.4, -0.2) is 38.5 Å². The molecule has 34 heavy (non-hydrogen) atoms. The van der Waals surface area contributed by atoms with Gasteiger partial charge in [-0.25, -0.2) is 15.0 Å². The molecule has 3 aromatic heterocycles. The van der Waals surface area contributed by atoms with Gasteiger partial charge in [0.15, 0.2) is 0 Å². The summed E-state index contributed by atoms with van der Waals surface area (Å²) in [6.45, 7) is 3.77. The molecule has 0 amide bonds. The van der Waals surface area contributed by atoms with Crippen molar-refractivity contribution in [3.05, 3.63) is 71.6 Å². The fourth-order valence-corrected chi connectivity index (χ4v) is 4.62. The molecule has 1 fully saturated rings. The number of rotatable bonds is 6. The number of aromatic nitrogens is 4. The van der Waals surface area contributed by atoms with Crippen molar-refractivity contribution in [2.45, 2.75) is 38.8 Å². The Morgan fingerprint density at radius 2 is 2.09 bits per heavy atom. The van der Waals surface area contributed by atoms with Crippen molar-refractivity contribution in [2.75, 3.05) is 19.0 Å². The number of nitrogens with one attached hydrogen (secondary N) is 2. The van der Waals surface area contributed by atoms with E-state index < -0.39 is 0 Å². The number of anilines is 2. The molecule has 1 aliphatic rings. The zero-order valence-corrected chi connectivity index (χ0v) is 19.4. The summed E-state index contributed by atoms with van der Waals surface area (Å²) < 4.78 is 5.37. The molecule has 4 heterocycles. The van der Waals surface area contributed by atoms with Crippen LogP contribution in [0.1, 0.15) is 48.2 Å². The third-order valence-corrected chi connectivity index (χ3v) is 6.22. The summed E-state index contributed by atoms with van der Waals surface area (Å²) in [4.78, 5) is 19.6. The molecular formula is C26H27N7O. The molecule has 8 nitrogen and oxygen atoms in total. The Kier molecular flexibility index (Phi) is 6.11. The first-order valence-corrected chi connectivity index (χ1v) is 11.5. The molecule has 0 spiro atoms. The van der Waals surface area contributed by atoms with Crippen LogP contribution in [0.5, 0.6) is 5.75 Å². The molecule has 1 aromatic carbocycles. The molecule has 0 radical (unpaired) electrons. The van der Waals surface area contributed by atoms with Gasteiger partial charge in [-0.1, -0.05) is 6.42 Å². The summed E-state index contributed by atoms with van der Waals surface area (Å²) in [5, 5.41) is 13.4. The molecule has 0 bridgehead atoms. The first-order valence-electron chi connectivity index (χ1n) is 11.5. The van der Waals surface area contributed by atoms with E-state index >= 15 is 0 Å². The molecule has 1 saturated heterocycles. The average molecular weight is 454 g/mol. The number of nitrogens with zero attached hydrogens (tertiary/aromatic N) is 5. The van der Waals surface area contributed by atoms with Crippen LogP contribution in [-0.2, 0) is 6.54 Å². The third-order valence-electron chi connectivity index (χ3n) is 6.22. The van der Waals surface area contributed by atoms with Crippen molar-refractivity contribution in [1.29, 1.82) is 5.26 Å². The van der Waals surface area contributed by atoms with E-state index in [2.05, 4.69) is 43.4 Å². The van der Waals surface area contributed by atoms with Crippen molar-refractivity contribution in [3.63, 3.8) is 0 Å². The third kappa shape index (κ3) is 4.70. The first kappa shape index (κ1) is 21.9. The summed E-state index contributed by atoms with van der Waals surface area (Å²) in [6.07, 6.45) is 5.06. The highest BCUT2D eigenvalue weighted by atomic mass is 16.5. The Morgan fingerprint density at radius 1 is 1.18 bits per heavy atom. The Morgan fingerprint density at radius 3 is 2.88 bits per heavy atom. The Labute approximate surface area is 198 Å². The minimum Gasteiger partial charge on any atom is -0.497 e. The highest BCUT2D eigenvalue weighted by molar-refractivity contribution is 5.81. The van der Waals surface area contributed by atoms with Crippen LogP contribution in [0.15, 0.2) is 48.7 Å². The van der Waals surface area contributed by atoms with Gasteiger partial charge in [0, 0.05) is 29.2 Å². The fraction of sp³-hybridized carbons (Fsp3) is 0.308. The lowest BCUT2D eigenvalue weighted by Gasteiger charge is -2.35. The second-order valence-electron chi connectivity index (χ2n) is 8.62. The highest BCUT2D eigenvalue weighted by Gasteiger charge is 2.26. The van der Waals surface area contributed by atoms with Gasteiger partial charge in [-0.2, -0.15) is 5.26 Å². The second-order valence-corrected chi connectivity index (χ2v) is 8.62. The van der Waals surface area contributed by atoms with Gasteiger partial charge in [0.2, 0.25) is 0 Å². The molecule has 172 valence electrons. The van der Waals surface area contributed by atoms with Crippen molar-refractivity contribution in [1.82, 2.24) is 24.8 Å². The molecule has 0 unspecified atom stereocenters. The lowest BCUT2D eigenvalue weighted by atomic mass is 9.98. The van der Waals surface area contributed by atoms with Crippen LogP contribution < -0.4 is 10.1 Å². The van der Waals surface area contributed by atoms with Crippen molar-refractivity contribution in [3.8, 4) is 11.8 Å². The number of aryl methyl sites for hydroxylation is 1. The van der Waals surface area contributed by atoms with Gasteiger partial charge in [0.1, 0.15) is 29.2 Å². The van der Waals surface area contributed by atoms with Gasteiger partial charge in [0.25, 0.3) is 0 Å². The molecule has 0 aliphatic carbocycles. The van der Waals surface area contributed by atoms with Gasteiger partial charge in [-0.05, 0) is 62.7 Å². The number of hydrogen-bond donors (Lipinski definition) is 2. The van der Waals surface area contributed by atoms with Gasteiger partial charge in [-0.15, -0.1) is 0 Å². The van der Waals surface area contributed by atoms with Gasteiger partial charge >= 0.3 is 0 Å². The number of hydrogen-bond acceptors (Lipinski definition) is 7. The van der Waals surface area contributed by atoms with E-state index in [0.717, 1.165) is 59.2 Å². The second kappa shape index (κ2) is 9.49. The molecule has 2 N–H and O–H groups in total. The van der Waals surface area contributed by atoms with E-state index in [9.17, 15) is 0 Å². The Balaban J connectivity index is 1.38. The van der Waals surface area contributed by atoms with Gasteiger partial charge in [-0.3, -0.25) is 4.90 Å². The molecule has 1 aliphatic heterocycles. The van der Waals surface area contributed by atoms with E-state index in [0.29, 0.717) is 5.69 Å². The monoisotopic (exact) mass is 453 g/mol. The maximum atomic E-state index is 8.96. The SMILES string of the molecule is COc1ccc2[nH]c(CN3CCCC[C@@H]3c3cc(Nc4ccc(C#N)nc4)nc(C)n3)cc2c1. The first-order chi connectivity index (χ1) is 16.6. The minimum atomic E-state index is 0.219. The predicted octanol–water partition coefficient (Wildman–Crippen LogP) is 5.01.